The molecule has 1 amide bonds. The van der Waals surface area contributed by atoms with E-state index in [1.807, 2.05) is 7.05 Å². The molecule has 0 bridgehead atoms. The molecule has 0 spiro atoms. The number of hydrogen-bond acceptors (Lipinski definition) is 5. The van der Waals surface area contributed by atoms with E-state index in [4.69, 9.17) is 0 Å². The van der Waals surface area contributed by atoms with Crippen LogP contribution in [-0.4, -0.2) is 44.1 Å². The van der Waals surface area contributed by atoms with Crippen LogP contribution in [0.25, 0.3) is 0 Å². The number of amides is 1. The van der Waals surface area contributed by atoms with E-state index >= 15 is 0 Å². The summed E-state index contributed by atoms with van der Waals surface area (Å²) in [7, 11) is 1.85. The van der Waals surface area contributed by atoms with Crippen LogP contribution in [0, 0.1) is 22.0 Å². The quantitative estimate of drug-likeness (QED) is 0.449. The van der Waals surface area contributed by atoms with E-state index in [2.05, 4.69) is 29.4 Å². The average Bonchev–Trinajstić information content (AvgIpc) is 2.57. The van der Waals surface area contributed by atoms with Gasteiger partial charge in [-0.3, -0.25) is 14.9 Å². The largest absolute Gasteiger partial charge is 0.365 e. The smallest absolute Gasteiger partial charge is 0.293 e. The topological polar surface area (TPSA) is 87.5 Å². The zero-order valence-electron chi connectivity index (χ0n) is 15.2. The van der Waals surface area contributed by atoms with Crippen molar-refractivity contribution in [3.05, 3.63) is 33.9 Å². The Kier molecular flexibility index (Phi) is 6.75. The standard InChI is InChI=1S/C18H28N4O3/c1-13-9-14(2)12-21(11-13)16-6-5-15(10-17(16)22(24)25)18(23)20-8-4-7-19-3/h5-6,10,13-14,19H,4,7-9,11-12H2,1-3H3,(H,20,23). The van der Waals surface area contributed by atoms with Gasteiger partial charge in [0.15, 0.2) is 0 Å². The Hall–Kier alpha value is -2.15. The van der Waals surface area contributed by atoms with Crippen LogP contribution >= 0.6 is 0 Å². The van der Waals surface area contributed by atoms with Crippen LogP contribution in [0.15, 0.2) is 18.2 Å². The van der Waals surface area contributed by atoms with Crippen LogP contribution in [0.5, 0.6) is 0 Å². The zero-order chi connectivity index (χ0) is 18.4. The highest BCUT2D eigenvalue weighted by Crippen LogP contribution is 2.33. The third-order valence-corrected chi connectivity index (χ3v) is 4.53. The molecule has 0 aromatic heterocycles. The molecule has 1 heterocycles. The van der Waals surface area contributed by atoms with Crippen LogP contribution in [0.2, 0.25) is 0 Å². The normalized spacial score (nSPS) is 20.4. The minimum atomic E-state index is -0.392. The van der Waals surface area contributed by atoms with Gasteiger partial charge in [0.2, 0.25) is 0 Å². The fourth-order valence-corrected chi connectivity index (χ4v) is 3.51. The van der Waals surface area contributed by atoms with Gasteiger partial charge in [0.25, 0.3) is 11.6 Å². The predicted octanol–water partition coefficient (Wildman–Crippen LogP) is 2.42. The molecule has 138 valence electrons. The second-order valence-electron chi connectivity index (χ2n) is 7.02. The molecular formula is C18H28N4O3. The lowest BCUT2D eigenvalue weighted by atomic mass is 9.91. The number of piperidine rings is 1. The second kappa shape index (κ2) is 8.80. The van der Waals surface area contributed by atoms with E-state index in [0.29, 0.717) is 29.6 Å². The molecule has 7 nitrogen and oxygen atoms in total. The summed E-state index contributed by atoms with van der Waals surface area (Å²) >= 11 is 0. The van der Waals surface area contributed by atoms with Gasteiger partial charge < -0.3 is 15.5 Å². The SMILES string of the molecule is CNCCCNC(=O)c1ccc(N2CC(C)CC(C)C2)c([N+](=O)[O-])c1. The van der Waals surface area contributed by atoms with E-state index in [-0.39, 0.29) is 11.6 Å². The van der Waals surface area contributed by atoms with Crippen molar-refractivity contribution >= 4 is 17.3 Å². The van der Waals surface area contributed by atoms with Crippen LogP contribution < -0.4 is 15.5 Å². The molecule has 1 aromatic carbocycles. The second-order valence-corrected chi connectivity index (χ2v) is 7.02. The van der Waals surface area contributed by atoms with Gasteiger partial charge in [0.05, 0.1) is 4.92 Å². The number of carbonyl (C=O) groups is 1. The van der Waals surface area contributed by atoms with Crippen molar-refractivity contribution < 1.29 is 9.72 Å². The van der Waals surface area contributed by atoms with Gasteiger partial charge in [0.1, 0.15) is 5.69 Å². The Balaban J connectivity index is 2.17. The summed E-state index contributed by atoms with van der Waals surface area (Å²) in [4.78, 5) is 25.4. The summed E-state index contributed by atoms with van der Waals surface area (Å²) in [5.41, 5.74) is 0.942. The first-order valence-corrected chi connectivity index (χ1v) is 8.88. The first-order valence-electron chi connectivity index (χ1n) is 8.88. The van der Waals surface area contributed by atoms with Gasteiger partial charge in [-0.05, 0) is 50.4 Å². The lowest BCUT2D eigenvalue weighted by Gasteiger charge is -2.36. The molecule has 1 fully saturated rings. The third-order valence-electron chi connectivity index (χ3n) is 4.53. The van der Waals surface area contributed by atoms with Crippen molar-refractivity contribution in [1.29, 1.82) is 0 Å². The van der Waals surface area contributed by atoms with Crippen molar-refractivity contribution in [2.75, 3.05) is 38.1 Å². The molecule has 0 radical (unpaired) electrons. The van der Waals surface area contributed by atoms with Crippen LogP contribution in [0.1, 0.15) is 37.0 Å². The van der Waals surface area contributed by atoms with Crippen LogP contribution in [0.3, 0.4) is 0 Å². The molecule has 1 aromatic rings. The van der Waals surface area contributed by atoms with Crippen molar-refractivity contribution in [3.8, 4) is 0 Å². The molecule has 1 aliphatic heterocycles. The molecule has 1 aliphatic rings. The highest BCUT2D eigenvalue weighted by molar-refractivity contribution is 5.95. The Morgan fingerprint density at radius 2 is 1.96 bits per heavy atom. The summed E-state index contributed by atoms with van der Waals surface area (Å²) < 4.78 is 0. The van der Waals surface area contributed by atoms with Gasteiger partial charge in [-0.1, -0.05) is 13.8 Å². The van der Waals surface area contributed by atoms with Gasteiger partial charge in [0, 0.05) is 31.3 Å². The third kappa shape index (κ3) is 5.16. The number of hydrogen-bond donors (Lipinski definition) is 2. The van der Waals surface area contributed by atoms with E-state index in [9.17, 15) is 14.9 Å². The Morgan fingerprint density at radius 1 is 1.28 bits per heavy atom. The molecule has 7 heteroatoms. The van der Waals surface area contributed by atoms with Crippen molar-refractivity contribution in [2.24, 2.45) is 11.8 Å². The minimum absolute atomic E-state index is 0.00387. The maximum atomic E-state index is 12.2. The van der Waals surface area contributed by atoms with Gasteiger partial charge in [-0.15, -0.1) is 0 Å². The maximum absolute atomic E-state index is 12.2. The Labute approximate surface area is 148 Å². The van der Waals surface area contributed by atoms with Gasteiger partial charge >= 0.3 is 0 Å². The maximum Gasteiger partial charge on any atom is 0.293 e. The lowest BCUT2D eigenvalue weighted by molar-refractivity contribution is -0.384. The van der Waals surface area contributed by atoms with Gasteiger partial charge in [-0.25, -0.2) is 0 Å². The molecule has 1 saturated heterocycles. The summed E-state index contributed by atoms with van der Waals surface area (Å²) in [6.45, 7) is 7.30. The molecule has 2 unspecified atom stereocenters. The summed E-state index contributed by atoms with van der Waals surface area (Å²) in [5, 5.41) is 17.3. The number of benzene rings is 1. The molecule has 0 saturated carbocycles. The molecule has 25 heavy (non-hydrogen) atoms. The number of nitrogens with zero attached hydrogens (tertiary/aromatic N) is 2. The average molecular weight is 348 g/mol. The first-order chi connectivity index (χ1) is 11.9. The van der Waals surface area contributed by atoms with E-state index in [0.717, 1.165) is 32.5 Å². The molecular weight excluding hydrogens is 320 g/mol. The highest BCUT2D eigenvalue weighted by atomic mass is 16.6. The highest BCUT2D eigenvalue weighted by Gasteiger charge is 2.27. The van der Waals surface area contributed by atoms with E-state index in [1.54, 1.807) is 12.1 Å². The number of anilines is 1. The monoisotopic (exact) mass is 348 g/mol. The first kappa shape index (κ1) is 19.2. The predicted molar refractivity (Wildman–Crippen MR) is 99.1 cm³/mol. The van der Waals surface area contributed by atoms with Crippen LogP contribution in [-0.2, 0) is 0 Å². The molecule has 2 atom stereocenters. The molecule has 2 N–H and O–H groups in total. The molecule has 0 aliphatic carbocycles. The number of nitro groups is 1. The fourth-order valence-electron chi connectivity index (χ4n) is 3.51. The Morgan fingerprint density at radius 3 is 2.56 bits per heavy atom. The van der Waals surface area contributed by atoms with Crippen molar-refractivity contribution in [2.45, 2.75) is 26.7 Å². The summed E-state index contributed by atoms with van der Waals surface area (Å²) in [5.74, 6) is 0.725. The molecule has 2 rings (SSSR count). The van der Waals surface area contributed by atoms with Gasteiger partial charge in [-0.2, -0.15) is 0 Å². The fraction of sp³-hybridized carbons (Fsp3) is 0.611. The number of nitrogens with one attached hydrogen (secondary N) is 2. The number of rotatable bonds is 7. The van der Waals surface area contributed by atoms with E-state index < -0.39 is 4.92 Å². The van der Waals surface area contributed by atoms with E-state index in [1.165, 1.54) is 6.07 Å². The number of nitro benzene ring substituents is 1. The minimum Gasteiger partial charge on any atom is -0.365 e. The lowest BCUT2D eigenvalue weighted by Crippen LogP contribution is -2.39. The number of carbonyl (C=O) groups excluding carboxylic acids is 1. The van der Waals surface area contributed by atoms with Crippen molar-refractivity contribution in [3.63, 3.8) is 0 Å². The van der Waals surface area contributed by atoms with Crippen molar-refractivity contribution in [1.82, 2.24) is 10.6 Å². The van der Waals surface area contributed by atoms with Crippen LogP contribution in [0.4, 0.5) is 11.4 Å². The summed E-state index contributed by atoms with van der Waals surface area (Å²) in [6, 6.07) is 4.79. The summed E-state index contributed by atoms with van der Waals surface area (Å²) in [6.07, 6.45) is 1.95. The zero-order valence-corrected chi connectivity index (χ0v) is 15.2. The Bertz CT molecular complexity index is 610.